The molecule has 1 saturated carbocycles. The van der Waals surface area contributed by atoms with Crippen LogP contribution in [0.1, 0.15) is 30.1 Å². The first-order valence-corrected chi connectivity index (χ1v) is 16.9. The molecule has 1 aliphatic carbocycles. The van der Waals surface area contributed by atoms with Gasteiger partial charge in [0.05, 0.1) is 23.8 Å². The number of hydrogen-bond donors (Lipinski definition) is 0. The zero-order chi connectivity index (χ0) is 32.3. The van der Waals surface area contributed by atoms with Crippen LogP contribution in [-0.2, 0) is 26.0 Å². The molecule has 5 rings (SSSR count). The van der Waals surface area contributed by atoms with Gasteiger partial charge < -0.3 is 18.9 Å². The number of benzene rings is 2. The fourth-order valence-corrected chi connectivity index (χ4v) is 8.37. The Bertz CT molecular complexity index is 1640. The van der Waals surface area contributed by atoms with Gasteiger partial charge in [-0.05, 0) is 60.2 Å². The van der Waals surface area contributed by atoms with Gasteiger partial charge in [0.15, 0.2) is 16.9 Å². The molecular weight excluding hydrogens is 680 g/mol. The van der Waals surface area contributed by atoms with Crippen LogP contribution in [0.5, 0.6) is 17.2 Å². The lowest BCUT2D eigenvalue weighted by molar-refractivity contribution is -0.150. The number of methoxy groups -OCH3 is 1. The van der Waals surface area contributed by atoms with E-state index in [0.29, 0.717) is 17.0 Å². The van der Waals surface area contributed by atoms with Crippen molar-refractivity contribution in [1.29, 1.82) is 0 Å². The van der Waals surface area contributed by atoms with Crippen LogP contribution >= 0.6 is 35.0 Å². The van der Waals surface area contributed by atoms with Crippen LogP contribution in [0, 0.1) is 11.7 Å². The first kappa shape index (κ1) is 33.5. The predicted octanol–water partition coefficient (Wildman–Crippen LogP) is 6.52. The number of hydrogen-bond acceptors (Lipinski definition) is 9. The molecule has 1 aliphatic heterocycles. The zero-order valence-corrected chi connectivity index (χ0v) is 26.8. The Labute approximate surface area is 271 Å². The molecule has 0 spiro atoms. The largest absolute Gasteiger partial charge is 0.495 e. The molecule has 16 heteroatoms. The van der Waals surface area contributed by atoms with Crippen molar-refractivity contribution >= 4 is 51.0 Å². The molecule has 2 atom stereocenters. The Hall–Kier alpha value is -2.91. The quantitative estimate of drug-likeness (QED) is 0.184. The molecule has 2 fully saturated rings. The molecule has 0 bridgehead atoms. The van der Waals surface area contributed by atoms with Crippen molar-refractivity contribution in [3.63, 3.8) is 0 Å². The fraction of sp³-hybridized carbons (Fsp3) is 0.379. The number of halogens is 5. The van der Waals surface area contributed by atoms with Crippen molar-refractivity contribution in [1.82, 2.24) is 9.29 Å². The molecule has 3 aromatic rings. The maximum Gasteiger partial charge on any atom is 0.387 e. The van der Waals surface area contributed by atoms with E-state index < -0.39 is 44.8 Å². The number of pyridine rings is 1. The Morgan fingerprint density at radius 3 is 2.47 bits per heavy atom. The summed E-state index contributed by atoms with van der Waals surface area (Å²) in [6.45, 7) is -2.88. The van der Waals surface area contributed by atoms with Gasteiger partial charge in [-0.25, -0.2) is 17.6 Å². The summed E-state index contributed by atoms with van der Waals surface area (Å²) in [6, 6.07) is 7.19. The Kier molecular flexibility index (Phi) is 10.6. The molecule has 2 aromatic carbocycles. The van der Waals surface area contributed by atoms with Crippen molar-refractivity contribution in [2.45, 2.75) is 42.2 Å². The third-order valence-electron chi connectivity index (χ3n) is 7.09. The summed E-state index contributed by atoms with van der Waals surface area (Å²) in [5, 5.41) is -0.964. The highest BCUT2D eigenvalue weighted by Gasteiger charge is 2.43. The standard InChI is InChI=1S/C29H27Cl2F3N2O7S2/c1-40-23-7-5-18(32)11-26(23)45(38,39)36-8-9-44-27(36)28(37)42-24(12-19-20(30)13-35-14-21(19)31)17-4-6-22(43-29(33)34)25(10-17)41-15-16-2-3-16/h4-7,10-11,13-14,16,24,27,29H,2-3,8-9,12,15H2,1H3/t24-,27-/m0/s1. The fourth-order valence-electron chi connectivity index (χ4n) is 4.63. The Morgan fingerprint density at radius 2 is 1.80 bits per heavy atom. The molecule has 2 heterocycles. The van der Waals surface area contributed by atoms with E-state index >= 15 is 0 Å². The minimum Gasteiger partial charge on any atom is -0.495 e. The first-order chi connectivity index (χ1) is 21.5. The molecule has 0 N–H and O–H groups in total. The minimum atomic E-state index is -4.42. The second kappa shape index (κ2) is 14.2. The topological polar surface area (TPSA) is 104 Å². The summed E-state index contributed by atoms with van der Waals surface area (Å²) >= 11 is 13.8. The highest BCUT2D eigenvalue weighted by Crippen LogP contribution is 2.40. The van der Waals surface area contributed by atoms with E-state index in [4.69, 9.17) is 37.4 Å². The monoisotopic (exact) mass is 706 g/mol. The van der Waals surface area contributed by atoms with Crippen LogP contribution in [0.2, 0.25) is 10.0 Å². The number of carbonyl (C=O) groups excluding carboxylic acids is 1. The lowest BCUT2D eigenvalue weighted by atomic mass is 10.0. The minimum absolute atomic E-state index is 0.0188. The molecular formula is C29H27Cl2F3N2O7S2. The summed E-state index contributed by atoms with van der Waals surface area (Å²) in [5.41, 5.74) is 0.705. The summed E-state index contributed by atoms with van der Waals surface area (Å²) in [4.78, 5) is 17.2. The smallest absolute Gasteiger partial charge is 0.387 e. The average molecular weight is 708 g/mol. The molecule has 0 unspecified atom stereocenters. The van der Waals surface area contributed by atoms with E-state index in [1.807, 2.05) is 0 Å². The van der Waals surface area contributed by atoms with E-state index in [9.17, 15) is 26.4 Å². The molecule has 9 nitrogen and oxygen atoms in total. The number of nitrogens with zero attached hydrogens (tertiary/aromatic N) is 2. The number of esters is 1. The van der Waals surface area contributed by atoms with Gasteiger partial charge in [0, 0.05) is 31.1 Å². The lowest BCUT2D eigenvalue weighted by Gasteiger charge is -2.26. The molecule has 0 radical (unpaired) electrons. The van der Waals surface area contributed by atoms with Crippen LogP contribution < -0.4 is 14.2 Å². The highest BCUT2D eigenvalue weighted by atomic mass is 35.5. The SMILES string of the molecule is COc1ccc(F)cc1S(=O)(=O)N1CCS[C@H]1C(=O)O[C@@H](Cc1c(Cl)cncc1Cl)c1ccc(OC(F)F)c(OCC2CC2)c1. The maximum atomic E-state index is 14.1. The van der Waals surface area contributed by atoms with Crippen LogP contribution in [0.3, 0.4) is 0 Å². The Morgan fingerprint density at radius 1 is 1.09 bits per heavy atom. The van der Waals surface area contributed by atoms with Crippen LogP contribution in [0.15, 0.2) is 53.7 Å². The van der Waals surface area contributed by atoms with Crippen molar-refractivity contribution < 1.29 is 45.3 Å². The number of thioether (sulfide) groups is 1. The van der Waals surface area contributed by atoms with Crippen LogP contribution in [-0.4, -0.2) is 61.7 Å². The second-order valence-electron chi connectivity index (χ2n) is 10.2. The summed E-state index contributed by atoms with van der Waals surface area (Å²) < 4.78 is 90.1. The van der Waals surface area contributed by atoms with E-state index in [2.05, 4.69) is 9.72 Å². The van der Waals surface area contributed by atoms with E-state index in [0.717, 1.165) is 41.0 Å². The van der Waals surface area contributed by atoms with Gasteiger partial charge in [0.1, 0.15) is 22.6 Å². The van der Waals surface area contributed by atoms with Crippen molar-refractivity contribution in [3.8, 4) is 17.2 Å². The van der Waals surface area contributed by atoms with Gasteiger partial charge in [0.25, 0.3) is 0 Å². The maximum absolute atomic E-state index is 14.1. The van der Waals surface area contributed by atoms with Gasteiger partial charge in [-0.3, -0.25) is 4.98 Å². The third kappa shape index (κ3) is 7.91. The van der Waals surface area contributed by atoms with Gasteiger partial charge in [0.2, 0.25) is 10.0 Å². The number of ether oxygens (including phenoxy) is 4. The second-order valence-corrected chi connectivity index (χ2v) is 14.0. The van der Waals surface area contributed by atoms with Gasteiger partial charge in [-0.1, -0.05) is 29.3 Å². The molecule has 0 amide bonds. The van der Waals surface area contributed by atoms with Gasteiger partial charge in [-0.2, -0.15) is 13.1 Å². The Balaban J connectivity index is 1.48. The third-order valence-corrected chi connectivity index (χ3v) is 10.9. The first-order valence-electron chi connectivity index (χ1n) is 13.6. The molecule has 1 aromatic heterocycles. The summed E-state index contributed by atoms with van der Waals surface area (Å²) in [6.07, 6.45) is 3.41. The number of alkyl halides is 2. The van der Waals surface area contributed by atoms with Crippen molar-refractivity contribution in [2.24, 2.45) is 5.92 Å². The summed E-state index contributed by atoms with van der Waals surface area (Å²) in [7, 11) is -3.17. The lowest BCUT2D eigenvalue weighted by Crippen LogP contribution is -2.41. The molecule has 242 valence electrons. The highest BCUT2D eigenvalue weighted by molar-refractivity contribution is 8.02. The van der Waals surface area contributed by atoms with E-state index in [1.165, 1.54) is 43.8 Å². The summed E-state index contributed by atoms with van der Waals surface area (Å²) in [5.74, 6) is -1.45. The zero-order valence-electron chi connectivity index (χ0n) is 23.6. The van der Waals surface area contributed by atoms with Gasteiger partial charge in [-0.15, -0.1) is 11.8 Å². The van der Waals surface area contributed by atoms with E-state index in [1.54, 1.807) is 0 Å². The van der Waals surface area contributed by atoms with E-state index in [-0.39, 0.29) is 52.6 Å². The number of aromatic nitrogens is 1. The predicted molar refractivity (Wildman–Crippen MR) is 161 cm³/mol. The number of carbonyl (C=O) groups is 1. The van der Waals surface area contributed by atoms with Crippen LogP contribution in [0.4, 0.5) is 13.2 Å². The van der Waals surface area contributed by atoms with Gasteiger partial charge >= 0.3 is 12.6 Å². The van der Waals surface area contributed by atoms with Crippen molar-refractivity contribution in [2.75, 3.05) is 26.0 Å². The number of sulfonamides is 1. The molecule has 2 aliphatic rings. The van der Waals surface area contributed by atoms with Crippen LogP contribution in [0.25, 0.3) is 0 Å². The molecule has 1 saturated heterocycles. The van der Waals surface area contributed by atoms with Crippen molar-refractivity contribution in [3.05, 3.63) is 75.8 Å². The number of rotatable bonds is 13. The molecule has 45 heavy (non-hydrogen) atoms. The normalized spacial score (nSPS) is 17.7. The average Bonchev–Trinajstić information content (AvgIpc) is 3.69.